The Morgan fingerprint density at radius 3 is 1.89 bits per heavy atom. The number of ether oxygens (including phenoxy) is 2. The van der Waals surface area contributed by atoms with E-state index < -0.39 is 11.9 Å². The molecule has 18 heavy (non-hydrogen) atoms. The topological polar surface area (TPSA) is 52.6 Å². The van der Waals surface area contributed by atoms with E-state index >= 15 is 0 Å². The first-order valence-corrected chi connectivity index (χ1v) is 5.83. The van der Waals surface area contributed by atoms with Crippen LogP contribution in [0, 0.1) is 5.92 Å². The molecule has 0 aliphatic heterocycles. The van der Waals surface area contributed by atoms with Gasteiger partial charge in [-0.1, -0.05) is 19.2 Å². The third kappa shape index (κ3) is 8.33. The van der Waals surface area contributed by atoms with E-state index in [2.05, 4.69) is 19.7 Å². The van der Waals surface area contributed by atoms with Gasteiger partial charge in [-0.25, -0.2) is 9.59 Å². The maximum absolute atomic E-state index is 11.0. The molecule has 0 heterocycles. The van der Waals surface area contributed by atoms with E-state index in [9.17, 15) is 9.59 Å². The average molecular weight is 252 g/mol. The lowest BCUT2D eigenvalue weighted by Crippen LogP contribution is -2.19. The monoisotopic (exact) mass is 252 g/mol. The normalized spacial score (nSPS) is 9.61. The number of carbonyl (C=O) groups excluding carboxylic acids is 2. The molecule has 0 N–H and O–H groups in total. The Labute approximate surface area is 108 Å². The van der Waals surface area contributed by atoms with E-state index in [0.717, 1.165) is 31.4 Å². The molecule has 0 aromatic rings. The van der Waals surface area contributed by atoms with Crippen molar-refractivity contribution < 1.29 is 19.1 Å². The van der Waals surface area contributed by atoms with Crippen LogP contribution in [-0.2, 0) is 19.1 Å². The van der Waals surface area contributed by atoms with E-state index in [1.165, 1.54) is 0 Å². The van der Waals surface area contributed by atoms with Gasteiger partial charge in [0, 0.05) is 18.1 Å². The maximum Gasteiger partial charge on any atom is 0.330 e. The van der Waals surface area contributed by atoms with Crippen molar-refractivity contribution >= 4 is 11.9 Å². The molecular weight excluding hydrogens is 232 g/mol. The smallest absolute Gasteiger partial charge is 0.330 e. The molecule has 0 aliphatic carbocycles. The van der Waals surface area contributed by atoms with Gasteiger partial charge in [0.2, 0.25) is 0 Å². The zero-order chi connectivity index (χ0) is 13.8. The highest BCUT2D eigenvalue weighted by Crippen LogP contribution is 2.11. The molecule has 100 valence electrons. The molecule has 0 spiro atoms. The van der Waals surface area contributed by atoms with E-state index in [4.69, 9.17) is 9.47 Å². The molecule has 0 radical (unpaired) electrons. The van der Waals surface area contributed by atoms with Crippen molar-refractivity contribution in [3.8, 4) is 0 Å². The summed E-state index contributed by atoms with van der Waals surface area (Å²) >= 11 is 0. The number of carbonyl (C=O) groups is 2. The summed E-state index contributed by atoms with van der Waals surface area (Å²) in [7, 11) is 0. The largest absolute Gasteiger partial charge is 0.462 e. The highest BCUT2D eigenvalue weighted by molar-refractivity contribution is 5.81. The van der Waals surface area contributed by atoms with Crippen LogP contribution in [0.25, 0.3) is 0 Å². The van der Waals surface area contributed by atoms with Gasteiger partial charge in [0.25, 0.3) is 0 Å². The molecular formula is C14H20O4. The number of hydrogen-bond acceptors (Lipinski definition) is 4. The van der Waals surface area contributed by atoms with Crippen molar-refractivity contribution in [1.29, 1.82) is 0 Å². The van der Waals surface area contributed by atoms with Gasteiger partial charge in [-0.05, 0) is 19.3 Å². The van der Waals surface area contributed by atoms with Gasteiger partial charge in [0.1, 0.15) is 0 Å². The fourth-order valence-corrected chi connectivity index (χ4v) is 1.28. The van der Waals surface area contributed by atoms with Crippen LogP contribution < -0.4 is 0 Å². The third-order valence-electron chi connectivity index (χ3n) is 2.28. The second-order valence-corrected chi connectivity index (χ2v) is 3.75. The molecule has 0 rings (SSSR count). The van der Waals surface area contributed by atoms with Crippen molar-refractivity contribution in [2.24, 2.45) is 5.92 Å². The summed E-state index contributed by atoms with van der Waals surface area (Å²) in [5.41, 5.74) is 0. The van der Waals surface area contributed by atoms with Gasteiger partial charge in [0.05, 0.1) is 13.2 Å². The quantitative estimate of drug-likeness (QED) is 0.259. The fraction of sp³-hybridized carbons (Fsp3) is 0.429. The Morgan fingerprint density at radius 1 is 1.00 bits per heavy atom. The predicted molar refractivity (Wildman–Crippen MR) is 69.9 cm³/mol. The summed E-state index contributed by atoms with van der Waals surface area (Å²) < 4.78 is 9.90. The zero-order valence-corrected chi connectivity index (χ0v) is 10.6. The summed E-state index contributed by atoms with van der Waals surface area (Å²) in [6.07, 6.45) is 6.61. The third-order valence-corrected chi connectivity index (χ3v) is 2.28. The minimum atomic E-state index is -0.473. The van der Waals surface area contributed by atoms with Crippen LogP contribution in [0.2, 0.25) is 0 Å². The first-order valence-electron chi connectivity index (χ1n) is 5.83. The van der Waals surface area contributed by atoms with Crippen LogP contribution >= 0.6 is 0 Å². The van der Waals surface area contributed by atoms with Crippen LogP contribution in [0.15, 0.2) is 38.0 Å². The van der Waals surface area contributed by atoms with E-state index in [1.807, 2.05) is 6.08 Å². The second kappa shape index (κ2) is 10.3. The Kier molecular flexibility index (Phi) is 9.27. The molecule has 0 aliphatic rings. The minimum Gasteiger partial charge on any atom is -0.462 e. The van der Waals surface area contributed by atoms with Crippen molar-refractivity contribution in [1.82, 2.24) is 0 Å². The van der Waals surface area contributed by atoms with Crippen LogP contribution in [0.4, 0.5) is 0 Å². The van der Waals surface area contributed by atoms with Gasteiger partial charge < -0.3 is 9.47 Å². The van der Waals surface area contributed by atoms with Crippen LogP contribution in [0.1, 0.15) is 19.3 Å². The standard InChI is InChI=1S/C14H20O4/c1-4-7-8-9-12(10-17-13(15)5-2)11-18-14(16)6-3/h4-6,12H,1-3,7-11H2. The zero-order valence-electron chi connectivity index (χ0n) is 10.6. The lowest BCUT2D eigenvalue weighted by Gasteiger charge is -2.15. The first kappa shape index (κ1) is 16.2. The van der Waals surface area contributed by atoms with Crippen molar-refractivity contribution in [3.63, 3.8) is 0 Å². The second-order valence-electron chi connectivity index (χ2n) is 3.75. The number of esters is 2. The number of allylic oxidation sites excluding steroid dienone is 1. The summed E-state index contributed by atoms with van der Waals surface area (Å²) in [4.78, 5) is 21.9. The van der Waals surface area contributed by atoms with E-state index in [-0.39, 0.29) is 19.1 Å². The van der Waals surface area contributed by atoms with Crippen LogP contribution in [0.3, 0.4) is 0 Å². The number of hydrogen-bond donors (Lipinski definition) is 0. The first-order chi connectivity index (χ1) is 8.63. The molecule has 0 bridgehead atoms. The summed E-state index contributed by atoms with van der Waals surface area (Å²) in [5, 5.41) is 0. The van der Waals surface area contributed by atoms with Gasteiger partial charge in [-0.3, -0.25) is 0 Å². The maximum atomic E-state index is 11.0. The van der Waals surface area contributed by atoms with Gasteiger partial charge in [-0.15, -0.1) is 6.58 Å². The van der Waals surface area contributed by atoms with Crippen LogP contribution in [-0.4, -0.2) is 25.2 Å². The van der Waals surface area contributed by atoms with E-state index in [0.29, 0.717) is 0 Å². The van der Waals surface area contributed by atoms with Gasteiger partial charge >= 0.3 is 11.9 Å². The van der Waals surface area contributed by atoms with Crippen molar-refractivity contribution in [2.75, 3.05) is 13.2 Å². The molecule has 0 saturated heterocycles. The van der Waals surface area contributed by atoms with Gasteiger partial charge in [0.15, 0.2) is 0 Å². The lowest BCUT2D eigenvalue weighted by molar-refractivity contribution is -0.143. The number of rotatable bonds is 10. The molecule has 0 unspecified atom stereocenters. The average Bonchev–Trinajstić information content (AvgIpc) is 2.40. The van der Waals surface area contributed by atoms with E-state index in [1.54, 1.807) is 0 Å². The Hall–Kier alpha value is -1.84. The fourth-order valence-electron chi connectivity index (χ4n) is 1.28. The number of unbranched alkanes of at least 4 members (excludes halogenated alkanes) is 1. The lowest BCUT2D eigenvalue weighted by atomic mass is 10.0. The molecule has 0 aromatic heterocycles. The molecule has 0 saturated carbocycles. The highest BCUT2D eigenvalue weighted by Gasteiger charge is 2.12. The molecule has 4 nitrogen and oxygen atoms in total. The Bertz CT molecular complexity index is 283. The summed E-state index contributed by atoms with van der Waals surface area (Å²) in [5.74, 6) is -0.963. The molecule has 0 atom stereocenters. The molecule has 0 fully saturated rings. The van der Waals surface area contributed by atoms with Crippen LogP contribution in [0.5, 0.6) is 0 Å². The SMILES string of the molecule is C=CCCCC(COC(=O)C=C)COC(=O)C=C. The molecule has 4 heteroatoms. The van der Waals surface area contributed by atoms with Gasteiger partial charge in [-0.2, -0.15) is 0 Å². The minimum absolute atomic E-state index is 0.0160. The predicted octanol–water partition coefficient (Wildman–Crippen LogP) is 2.42. The summed E-state index contributed by atoms with van der Waals surface area (Å²) in [6, 6.07) is 0. The van der Waals surface area contributed by atoms with Crippen molar-refractivity contribution in [3.05, 3.63) is 38.0 Å². The Morgan fingerprint density at radius 2 is 1.50 bits per heavy atom. The highest BCUT2D eigenvalue weighted by atomic mass is 16.5. The molecule has 0 amide bonds. The molecule has 0 aromatic carbocycles. The Balaban J connectivity index is 4.09. The van der Waals surface area contributed by atoms with Crippen molar-refractivity contribution in [2.45, 2.75) is 19.3 Å². The summed E-state index contributed by atoms with van der Waals surface area (Å²) in [6.45, 7) is 10.7.